The van der Waals surface area contributed by atoms with Crippen LogP contribution in [0.25, 0.3) is 0 Å². The second kappa shape index (κ2) is 22.7. The first-order valence-electron chi connectivity index (χ1n) is 29.7. The lowest BCUT2D eigenvalue weighted by Crippen LogP contribution is -2.63. The number of anilines is 1. The summed E-state index contributed by atoms with van der Waals surface area (Å²) in [6, 6.07) is 9.05. The maximum atomic E-state index is 13.0. The lowest BCUT2D eigenvalue weighted by Gasteiger charge is -2.64. The van der Waals surface area contributed by atoms with Gasteiger partial charge in [-0.05, 0) is 205 Å². The molecule has 1 amide bonds. The van der Waals surface area contributed by atoms with E-state index in [1.54, 1.807) is 20.8 Å². The van der Waals surface area contributed by atoms with E-state index in [1.165, 1.54) is 22.3 Å². The second-order valence-electron chi connectivity index (χ2n) is 26.9. The van der Waals surface area contributed by atoms with Crippen molar-refractivity contribution in [3.63, 3.8) is 0 Å². The highest BCUT2D eigenvalue weighted by molar-refractivity contribution is 5.85. The van der Waals surface area contributed by atoms with Crippen LogP contribution in [0, 0.1) is 75.4 Å². The molecule has 13 heteroatoms. The fourth-order valence-corrected chi connectivity index (χ4v) is 17.7. The predicted molar refractivity (Wildman–Crippen MR) is 295 cm³/mol. The lowest BCUT2D eigenvalue weighted by molar-refractivity contribution is -0.232. The monoisotopic (exact) mass is 1060 g/mol. The first kappa shape index (κ1) is 57.5. The maximum absolute atomic E-state index is 13.0. The largest absolute Gasteiger partial charge is 0.481 e. The molecule has 1 aromatic carbocycles. The van der Waals surface area contributed by atoms with Crippen molar-refractivity contribution >= 4 is 29.5 Å². The number of carbonyl (C=O) groups is 4. The van der Waals surface area contributed by atoms with Gasteiger partial charge in [-0.1, -0.05) is 57.4 Å². The van der Waals surface area contributed by atoms with Gasteiger partial charge in [-0.2, -0.15) is 0 Å². The highest BCUT2D eigenvalue weighted by Gasteiger charge is 2.67. The van der Waals surface area contributed by atoms with E-state index in [4.69, 9.17) is 18.9 Å². The Morgan fingerprint density at radius 1 is 0.948 bits per heavy atom. The van der Waals surface area contributed by atoms with E-state index in [0.717, 1.165) is 76.4 Å². The van der Waals surface area contributed by atoms with Crippen LogP contribution in [0.15, 0.2) is 47.1 Å². The predicted octanol–water partition coefficient (Wildman–Crippen LogP) is 11.1. The Kier molecular flexibility index (Phi) is 17.0. The van der Waals surface area contributed by atoms with Gasteiger partial charge in [-0.25, -0.2) is 4.79 Å². The topological polar surface area (TPSA) is 181 Å². The first-order chi connectivity index (χ1) is 36.5. The summed E-state index contributed by atoms with van der Waals surface area (Å²) in [5, 5.41) is 36.8. The number of aliphatic hydroxyl groups is 2. The summed E-state index contributed by atoms with van der Waals surface area (Å²) in [5.41, 5.74) is 4.16. The van der Waals surface area contributed by atoms with E-state index in [1.807, 2.05) is 6.92 Å². The fourth-order valence-electron chi connectivity index (χ4n) is 17.7. The van der Waals surface area contributed by atoms with Crippen LogP contribution >= 0.6 is 0 Å². The number of fused-ring (bicyclic) bond motifs is 9. The van der Waals surface area contributed by atoms with E-state index in [0.29, 0.717) is 62.8 Å². The number of aliphatic hydroxyl groups excluding tert-OH is 1. The third-order valence-corrected chi connectivity index (χ3v) is 21.7. The molecule has 0 bridgehead atoms. The van der Waals surface area contributed by atoms with Crippen molar-refractivity contribution in [2.24, 2.45) is 63.6 Å². The smallest absolute Gasteiger partial charge is 0.407 e. The molecule has 16 atom stereocenters. The van der Waals surface area contributed by atoms with Gasteiger partial charge in [0.25, 0.3) is 0 Å². The highest BCUT2D eigenvalue weighted by Crippen LogP contribution is 2.70. The number of hydrogen-bond donors (Lipinski definition) is 4. The van der Waals surface area contributed by atoms with E-state index < -0.39 is 29.4 Å². The van der Waals surface area contributed by atoms with Gasteiger partial charge in [0.1, 0.15) is 17.0 Å². The number of nitrogens with one attached hydrogen (secondary N) is 1. The van der Waals surface area contributed by atoms with E-state index in [-0.39, 0.29) is 102 Å². The summed E-state index contributed by atoms with van der Waals surface area (Å²) < 4.78 is 24.6. The third-order valence-electron chi connectivity index (χ3n) is 21.7. The number of alkyl carbamates (subject to hydrolysis) is 1. The Bertz CT molecular complexity index is 2490. The Morgan fingerprint density at radius 2 is 1.71 bits per heavy atom. The number of carboxylic acids is 1. The quantitative estimate of drug-likeness (QED) is 0.0502. The number of amides is 1. The average molecular weight is 1070 g/mol. The molecule has 424 valence electrons. The van der Waals surface area contributed by atoms with E-state index in [2.05, 4.69) is 87.1 Å². The van der Waals surface area contributed by atoms with Gasteiger partial charge in [0.15, 0.2) is 6.79 Å². The molecule has 8 aliphatic rings. The van der Waals surface area contributed by atoms with Gasteiger partial charge >= 0.3 is 18.0 Å². The van der Waals surface area contributed by atoms with Crippen molar-refractivity contribution in [3.8, 4) is 11.8 Å². The number of esters is 1. The minimum Gasteiger partial charge on any atom is -0.481 e. The molecule has 13 nitrogen and oxygen atoms in total. The van der Waals surface area contributed by atoms with Crippen molar-refractivity contribution < 1.29 is 53.4 Å². The van der Waals surface area contributed by atoms with E-state index >= 15 is 0 Å². The minimum absolute atomic E-state index is 0.0345. The van der Waals surface area contributed by atoms with Crippen molar-refractivity contribution in [2.75, 3.05) is 38.4 Å². The van der Waals surface area contributed by atoms with Gasteiger partial charge in [0.05, 0.1) is 24.9 Å². The van der Waals surface area contributed by atoms with Crippen LogP contribution < -0.4 is 10.2 Å². The highest BCUT2D eigenvalue weighted by atomic mass is 16.7. The molecule has 0 aliphatic heterocycles. The summed E-state index contributed by atoms with van der Waals surface area (Å²) in [6.07, 6.45) is 14.0. The van der Waals surface area contributed by atoms with Crippen LogP contribution in [0.5, 0.6) is 0 Å². The molecule has 0 spiro atoms. The number of likely N-dealkylation sites (N-methyl/N-ethyl adjacent to an activating group) is 1. The van der Waals surface area contributed by atoms with Crippen LogP contribution in [0.4, 0.5) is 10.5 Å². The summed E-state index contributed by atoms with van der Waals surface area (Å²) in [4.78, 5) is 51.7. The normalized spacial score (nSPS) is 37.5. The van der Waals surface area contributed by atoms with Crippen molar-refractivity contribution in [2.45, 2.75) is 206 Å². The Hall–Kier alpha value is -4.22. The zero-order valence-corrected chi connectivity index (χ0v) is 47.9. The molecule has 2 unspecified atom stereocenters. The number of rotatable bonds is 17. The molecule has 77 heavy (non-hydrogen) atoms. The van der Waals surface area contributed by atoms with Crippen molar-refractivity contribution in [1.29, 1.82) is 0 Å². The van der Waals surface area contributed by atoms with Gasteiger partial charge in [0.2, 0.25) is 0 Å². The summed E-state index contributed by atoms with van der Waals surface area (Å²) >= 11 is 0. The van der Waals surface area contributed by atoms with Gasteiger partial charge in [0, 0.05) is 62.8 Å². The van der Waals surface area contributed by atoms with Crippen molar-refractivity contribution in [3.05, 3.63) is 52.6 Å². The zero-order chi connectivity index (χ0) is 55.2. The number of allylic oxidation sites excluding steroid dienone is 4. The summed E-state index contributed by atoms with van der Waals surface area (Å²) in [5.74, 6) is 7.54. The Balaban J connectivity index is 0.849. The van der Waals surface area contributed by atoms with Crippen LogP contribution in [0.1, 0.15) is 182 Å². The van der Waals surface area contributed by atoms with Gasteiger partial charge in [-0.3, -0.25) is 14.4 Å². The number of nitrogens with zero attached hydrogens (tertiary/aromatic N) is 1. The SMILES string of the molecule is CC#C[C@]1(O)CCC2C3CC=C4CC(=O)CCC4=C3[C@@H](c3ccc(N(C)CCO[C@H]4CC[C@@]5(C)[C@@H](C4)C[C@@H](OCOC(=O)CCCNC(=O)OC(C)(C)C)[C@@H]4[C@@H]5C[C@H](O)[C@]5(C)[C@@H]([C@H](C)CCC(=O)O)CC[C@@H]45)cc3)C[C@@]21C. The van der Waals surface area contributed by atoms with Gasteiger partial charge in [-0.15, -0.1) is 5.92 Å². The number of carboxylic acid groups (broad SMARTS) is 1. The lowest BCUT2D eigenvalue weighted by atomic mass is 9.43. The Morgan fingerprint density at radius 3 is 2.44 bits per heavy atom. The molecule has 0 saturated heterocycles. The molecular weight excluding hydrogens is 973 g/mol. The second-order valence-corrected chi connectivity index (χ2v) is 26.9. The molecule has 0 aromatic heterocycles. The third kappa shape index (κ3) is 11.3. The number of hydrogen-bond acceptors (Lipinski definition) is 11. The molecule has 7 saturated carbocycles. The molecule has 0 radical (unpaired) electrons. The van der Waals surface area contributed by atoms with Crippen molar-refractivity contribution in [1.82, 2.24) is 5.32 Å². The minimum atomic E-state index is -1.02. The zero-order valence-electron chi connectivity index (χ0n) is 47.9. The first-order valence-corrected chi connectivity index (χ1v) is 29.7. The standard InChI is InChI=1S/C64H92N2O11/c1-10-27-64(73)29-26-50-47-20-16-41-33-44(67)19-21-46(41)57(47)48(37-62(50,64)7)40-14-17-43(18-15-40)66(9)31-32-74-45-25-28-61(6)42(34-45)35-53(75-38-76-56(71)12-11-30-65-59(72)77-60(3,4)5)58-51-23-22-49(39(2)13-24-55(69)70)63(51,8)54(68)36-52(58)61/h14-18,39,42,45,47-54,58,68,73H,11-13,19-26,28-38H2,1-9H3,(H,65,72)(H,69,70)/t39-,42+,45+,47?,48-,49-,50?,51+,52+,53-,54+,58+,61+,62+,63-,64+/m1/s1. The number of Topliss-reactive ketones (excluding diaryl/α,β-unsaturated/α-hetero) is 1. The molecule has 0 heterocycles. The van der Waals surface area contributed by atoms with Crippen LogP contribution in [-0.4, -0.2) is 102 Å². The molecule has 7 fully saturated rings. The van der Waals surface area contributed by atoms with E-state index in [9.17, 15) is 34.5 Å². The molecule has 9 rings (SSSR count). The van der Waals surface area contributed by atoms with Crippen LogP contribution in [0.3, 0.4) is 0 Å². The Labute approximate surface area is 459 Å². The molecular formula is C64H92N2O11. The number of aliphatic carboxylic acids is 1. The summed E-state index contributed by atoms with van der Waals surface area (Å²) in [6.45, 7) is 17.8. The van der Waals surface area contributed by atoms with Crippen LogP contribution in [-0.2, 0) is 33.3 Å². The number of ketones is 1. The molecule has 1 aromatic rings. The summed E-state index contributed by atoms with van der Waals surface area (Å²) in [7, 11) is 2.13. The van der Waals surface area contributed by atoms with Gasteiger partial charge < -0.3 is 44.5 Å². The average Bonchev–Trinajstić information content (AvgIpc) is 4.07. The number of benzene rings is 1. The maximum Gasteiger partial charge on any atom is 0.407 e. The fraction of sp³-hybridized carbons (Fsp3) is 0.750. The molecule has 4 N–H and O–H groups in total. The number of carbonyl (C=O) groups excluding carboxylic acids is 3. The number of ether oxygens (including phenoxy) is 4. The molecule has 8 aliphatic carbocycles. The van der Waals surface area contributed by atoms with Crippen LogP contribution in [0.2, 0.25) is 0 Å².